The van der Waals surface area contributed by atoms with Crippen molar-refractivity contribution in [2.45, 2.75) is 63.4 Å². The summed E-state index contributed by atoms with van der Waals surface area (Å²) < 4.78 is 5.33. The molecule has 1 N–H and O–H groups in total. The molecule has 5 nitrogen and oxygen atoms in total. The van der Waals surface area contributed by atoms with Crippen molar-refractivity contribution in [3.63, 3.8) is 0 Å². The molecule has 0 heterocycles. The van der Waals surface area contributed by atoms with Crippen molar-refractivity contribution in [2.24, 2.45) is 0 Å². The summed E-state index contributed by atoms with van der Waals surface area (Å²) in [6, 6.07) is 12.5. The molecule has 0 spiro atoms. The molecule has 184 valence electrons. The summed E-state index contributed by atoms with van der Waals surface area (Å²) in [7, 11) is 1.61. The molecule has 8 heteroatoms. The summed E-state index contributed by atoms with van der Waals surface area (Å²) in [6.07, 6.45) is 5.47. The van der Waals surface area contributed by atoms with Crippen LogP contribution in [-0.4, -0.2) is 41.7 Å². The second-order valence-corrected chi connectivity index (χ2v) is 10.4. The van der Waals surface area contributed by atoms with E-state index in [1.54, 1.807) is 37.1 Å². The van der Waals surface area contributed by atoms with E-state index in [0.29, 0.717) is 28.1 Å². The van der Waals surface area contributed by atoms with Crippen LogP contribution in [0.5, 0.6) is 5.75 Å². The highest BCUT2D eigenvalue weighted by molar-refractivity contribution is 7.99. The number of amides is 2. The van der Waals surface area contributed by atoms with Gasteiger partial charge in [0, 0.05) is 28.4 Å². The Balaban J connectivity index is 1.70. The molecule has 0 unspecified atom stereocenters. The van der Waals surface area contributed by atoms with Crippen LogP contribution in [0.25, 0.3) is 0 Å². The Bertz CT molecular complexity index is 962. The molecule has 2 aromatic rings. The van der Waals surface area contributed by atoms with Crippen LogP contribution < -0.4 is 10.1 Å². The Kier molecular flexibility index (Phi) is 10.4. The van der Waals surface area contributed by atoms with Gasteiger partial charge in [-0.15, -0.1) is 11.8 Å². The van der Waals surface area contributed by atoms with Gasteiger partial charge in [-0.2, -0.15) is 0 Å². The number of hydrogen-bond donors (Lipinski definition) is 1. The highest BCUT2D eigenvalue weighted by Crippen LogP contribution is 2.28. The van der Waals surface area contributed by atoms with E-state index >= 15 is 0 Å². The highest BCUT2D eigenvalue weighted by atomic mass is 35.5. The van der Waals surface area contributed by atoms with Crippen molar-refractivity contribution in [3.8, 4) is 5.75 Å². The maximum atomic E-state index is 13.3. The van der Waals surface area contributed by atoms with E-state index in [0.717, 1.165) is 36.8 Å². The van der Waals surface area contributed by atoms with Crippen LogP contribution in [-0.2, 0) is 21.9 Å². The quantitative estimate of drug-likeness (QED) is 0.409. The number of carbonyl (C=O) groups excluding carboxylic acids is 2. The number of rotatable bonds is 10. The van der Waals surface area contributed by atoms with Gasteiger partial charge in [0.15, 0.2) is 0 Å². The predicted octanol–water partition coefficient (Wildman–Crippen LogP) is 6.10. The van der Waals surface area contributed by atoms with Crippen LogP contribution in [0.3, 0.4) is 0 Å². The average molecular weight is 524 g/mol. The second-order valence-electron chi connectivity index (χ2n) is 8.59. The van der Waals surface area contributed by atoms with Crippen molar-refractivity contribution in [1.29, 1.82) is 0 Å². The highest BCUT2D eigenvalue weighted by Gasteiger charge is 2.28. The molecule has 1 aliphatic rings. The van der Waals surface area contributed by atoms with Gasteiger partial charge in [-0.25, -0.2) is 0 Å². The fraction of sp³-hybridized carbons (Fsp3) is 0.462. The average Bonchev–Trinajstić information content (AvgIpc) is 2.84. The molecular weight excluding hydrogens is 491 g/mol. The monoisotopic (exact) mass is 522 g/mol. The Morgan fingerprint density at radius 1 is 1.12 bits per heavy atom. The summed E-state index contributed by atoms with van der Waals surface area (Å²) >= 11 is 14.0. The first-order valence-electron chi connectivity index (χ1n) is 11.6. The number of hydrogen-bond acceptors (Lipinski definition) is 4. The number of methoxy groups -OCH3 is 1. The first-order chi connectivity index (χ1) is 16.4. The zero-order valence-electron chi connectivity index (χ0n) is 19.7. The third kappa shape index (κ3) is 7.56. The van der Waals surface area contributed by atoms with E-state index in [4.69, 9.17) is 27.9 Å². The van der Waals surface area contributed by atoms with Crippen molar-refractivity contribution in [3.05, 3.63) is 63.6 Å². The Labute approximate surface area is 216 Å². The van der Waals surface area contributed by atoms with E-state index in [1.165, 1.54) is 18.2 Å². The normalized spacial score (nSPS) is 14.9. The lowest BCUT2D eigenvalue weighted by atomic mass is 9.95. The largest absolute Gasteiger partial charge is 0.497 e. The fourth-order valence-electron chi connectivity index (χ4n) is 4.11. The molecular formula is C26H32Cl2N2O3S. The lowest BCUT2D eigenvalue weighted by Gasteiger charge is -2.31. The molecule has 0 radical (unpaired) electrons. The van der Waals surface area contributed by atoms with E-state index in [9.17, 15) is 9.59 Å². The second kappa shape index (κ2) is 13.3. The number of benzene rings is 2. The van der Waals surface area contributed by atoms with Crippen LogP contribution in [0.1, 0.15) is 50.2 Å². The smallest absolute Gasteiger partial charge is 0.242 e. The number of halogens is 2. The van der Waals surface area contributed by atoms with E-state index < -0.39 is 6.04 Å². The van der Waals surface area contributed by atoms with Crippen molar-refractivity contribution < 1.29 is 14.3 Å². The van der Waals surface area contributed by atoms with Gasteiger partial charge in [0.05, 0.1) is 12.9 Å². The predicted molar refractivity (Wildman–Crippen MR) is 141 cm³/mol. The molecule has 0 aliphatic heterocycles. The van der Waals surface area contributed by atoms with Crippen LogP contribution in [0, 0.1) is 0 Å². The van der Waals surface area contributed by atoms with E-state index in [1.807, 2.05) is 24.3 Å². The molecule has 2 aromatic carbocycles. The Morgan fingerprint density at radius 2 is 1.79 bits per heavy atom. The standard InChI is InChI=1S/C26H32Cl2N2O3S/c1-18(26(32)29-20-9-4-3-5-10-20)30(15-19-8-6-11-21(14-19)33-2)25(31)17-34-16-22-23(27)12-7-13-24(22)28/h6-8,11-14,18,20H,3-5,9-10,15-17H2,1-2H3,(H,29,32)/t18-/m1/s1. The van der Waals surface area contributed by atoms with Crippen LogP contribution in [0.4, 0.5) is 0 Å². The van der Waals surface area contributed by atoms with Crippen molar-refractivity contribution in [1.82, 2.24) is 10.2 Å². The van der Waals surface area contributed by atoms with Gasteiger partial charge in [-0.05, 0) is 55.2 Å². The molecule has 1 aliphatic carbocycles. The molecule has 1 saturated carbocycles. The van der Waals surface area contributed by atoms with Gasteiger partial charge in [0.25, 0.3) is 0 Å². The Hall–Kier alpha value is -1.89. The summed E-state index contributed by atoms with van der Waals surface area (Å²) in [5.74, 6) is 1.23. The third-order valence-corrected chi connectivity index (χ3v) is 7.79. The van der Waals surface area contributed by atoms with Gasteiger partial charge in [-0.1, -0.05) is 60.7 Å². The van der Waals surface area contributed by atoms with E-state index in [-0.39, 0.29) is 23.6 Å². The summed E-state index contributed by atoms with van der Waals surface area (Å²) in [5, 5.41) is 4.33. The molecule has 3 rings (SSSR count). The minimum atomic E-state index is -0.592. The molecule has 1 atom stereocenters. The van der Waals surface area contributed by atoms with Crippen molar-refractivity contribution in [2.75, 3.05) is 12.9 Å². The minimum absolute atomic E-state index is 0.109. The Morgan fingerprint density at radius 3 is 2.47 bits per heavy atom. The van der Waals surface area contributed by atoms with E-state index in [2.05, 4.69) is 5.32 Å². The number of thioether (sulfide) groups is 1. The zero-order valence-corrected chi connectivity index (χ0v) is 22.0. The van der Waals surface area contributed by atoms with Crippen LogP contribution >= 0.6 is 35.0 Å². The summed E-state index contributed by atoms with van der Waals surface area (Å²) in [4.78, 5) is 28.1. The number of carbonyl (C=O) groups is 2. The van der Waals surface area contributed by atoms with Gasteiger partial charge < -0.3 is 15.0 Å². The first kappa shape index (κ1) is 26.7. The van der Waals surface area contributed by atoms with Crippen LogP contribution in [0.15, 0.2) is 42.5 Å². The zero-order chi connectivity index (χ0) is 24.5. The topological polar surface area (TPSA) is 58.6 Å². The maximum Gasteiger partial charge on any atom is 0.242 e. The number of ether oxygens (including phenoxy) is 1. The van der Waals surface area contributed by atoms with Crippen LogP contribution in [0.2, 0.25) is 10.0 Å². The first-order valence-corrected chi connectivity index (χ1v) is 13.5. The minimum Gasteiger partial charge on any atom is -0.497 e. The maximum absolute atomic E-state index is 13.3. The lowest BCUT2D eigenvalue weighted by molar-refractivity contribution is -0.139. The molecule has 1 fully saturated rings. The molecule has 34 heavy (non-hydrogen) atoms. The fourth-order valence-corrected chi connectivity index (χ4v) is 5.76. The SMILES string of the molecule is COc1cccc(CN(C(=O)CSCc2c(Cl)cccc2Cl)[C@H](C)C(=O)NC2CCCCC2)c1. The van der Waals surface area contributed by atoms with Gasteiger partial charge >= 0.3 is 0 Å². The summed E-state index contributed by atoms with van der Waals surface area (Å²) in [6.45, 7) is 2.12. The molecule has 0 aromatic heterocycles. The molecule has 0 bridgehead atoms. The summed E-state index contributed by atoms with van der Waals surface area (Å²) in [5.41, 5.74) is 1.72. The number of nitrogens with one attached hydrogen (secondary N) is 1. The molecule has 2 amide bonds. The van der Waals surface area contributed by atoms with Gasteiger partial charge in [0.2, 0.25) is 11.8 Å². The van der Waals surface area contributed by atoms with Crippen molar-refractivity contribution >= 4 is 46.8 Å². The molecule has 0 saturated heterocycles. The lowest BCUT2D eigenvalue weighted by Crippen LogP contribution is -2.50. The number of nitrogens with zero attached hydrogens (tertiary/aromatic N) is 1. The third-order valence-electron chi connectivity index (χ3n) is 6.14. The van der Waals surface area contributed by atoms with Gasteiger partial charge in [-0.3, -0.25) is 9.59 Å². The van der Waals surface area contributed by atoms with Gasteiger partial charge in [0.1, 0.15) is 11.8 Å².